The highest BCUT2D eigenvalue weighted by Crippen LogP contribution is 2.55. The molecular formula is C65H58BN2O2S. The molecule has 3 aliphatic rings. The Balaban J connectivity index is 1.12. The van der Waals surface area contributed by atoms with Crippen LogP contribution in [0.4, 0.5) is 28.4 Å². The Bertz CT molecular complexity index is 4100. The van der Waals surface area contributed by atoms with Crippen molar-refractivity contribution < 1.29 is 8.83 Å². The van der Waals surface area contributed by atoms with Gasteiger partial charge in [-0.2, -0.15) is 0 Å². The summed E-state index contributed by atoms with van der Waals surface area (Å²) in [5, 5.41) is 12.3. The van der Waals surface area contributed by atoms with E-state index >= 15 is 0 Å². The molecule has 3 aromatic heterocycles. The van der Waals surface area contributed by atoms with E-state index in [0.29, 0.717) is 0 Å². The summed E-state index contributed by atoms with van der Waals surface area (Å²) < 4.78 is 17.2. The van der Waals surface area contributed by atoms with Gasteiger partial charge in [0.05, 0.1) is 17.0 Å². The smallest absolute Gasteiger partial charge is 0.247 e. The van der Waals surface area contributed by atoms with Crippen LogP contribution in [0, 0.1) is 6.92 Å². The fourth-order valence-corrected chi connectivity index (χ4v) is 14.2. The number of hydrogen-bond donors (Lipinski definition) is 1. The first-order chi connectivity index (χ1) is 34.1. The van der Waals surface area contributed by atoms with E-state index in [1.54, 1.807) is 0 Å². The predicted octanol–water partition coefficient (Wildman–Crippen LogP) is 17.7. The molecule has 1 radical (unpaired) electrons. The van der Waals surface area contributed by atoms with Crippen molar-refractivity contribution in [3.63, 3.8) is 0 Å². The van der Waals surface area contributed by atoms with Gasteiger partial charge in [-0.15, -0.1) is 11.3 Å². The largest absolute Gasteiger partial charge is 0.469 e. The van der Waals surface area contributed by atoms with E-state index < -0.39 is 0 Å². The molecule has 71 heavy (non-hydrogen) atoms. The first kappa shape index (κ1) is 43.1. The van der Waals surface area contributed by atoms with Crippen molar-refractivity contribution in [2.75, 3.05) is 10.2 Å². The molecule has 0 fully saturated rings. The zero-order valence-corrected chi connectivity index (χ0v) is 43.1. The Labute approximate surface area is 420 Å². The van der Waals surface area contributed by atoms with E-state index in [1.807, 2.05) is 11.3 Å². The molecule has 4 nitrogen and oxygen atoms in total. The summed E-state index contributed by atoms with van der Waals surface area (Å²) in [5.41, 5.74) is 19.3. The molecule has 0 amide bonds. The van der Waals surface area contributed by atoms with E-state index in [1.165, 1.54) is 58.8 Å². The third-order valence-electron chi connectivity index (χ3n) is 17.3. The number of hydrogen-bond acceptors (Lipinski definition) is 5. The van der Waals surface area contributed by atoms with Crippen molar-refractivity contribution in [2.24, 2.45) is 0 Å². The lowest BCUT2D eigenvalue weighted by atomic mass is 9.60. The van der Waals surface area contributed by atoms with Crippen LogP contribution in [0.1, 0.15) is 109 Å². The number of para-hydroxylation sites is 1. The summed E-state index contributed by atoms with van der Waals surface area (Å²) in [6.07, 6.45) is 4.55. The van der Waals surface area contributed by atoms with E-state index in [9.17, 15) is 0 Å². The third kappa shape index (κ3) is 6.22. The fourth-order valence-electron chi connectivity index (χ4n) is 13.0. The van der Waals surface area contributed by atoms with Gasteiger partial charge in [-0.3, -0.25) is 0 Å². The lowest BCUT2D eigenvalue weighted by Crippen LogP contribution is -2.41. The van der Waals surface area contributed by atoms with Crippen molar-refractivity contribution in [3.8, 4) is 11.1 Å². The quantitative estimate of drug-likeness (QED) is 0.179. The van der Waals surface area contributed by atoms with E-state index in [-0.39, 0.29) is 21.7 Å². The number of benzene rings is 8. The second kappa shape index (κ2) is 14.7. The molecule has 0 saturated heterocycles. The first-order valence-corrected chi connectivity index (χ1v) is 26.5. The monoisotopic (exact) mass is 941 g/mol. The zero-order valence-electron chi connectivity index (χ0n) is 42.3. The van der Waals surface area contributed by atoms with Crippen LogP contribution in [0.5, 0.6) is 0 Å². The van der Waals surface area contributed by atoms with Gasteiger partial charge in [-0.1, -0.05) is 134 Å². The molecule has 0 spiro atoms. The summed E-state index contributed by atoms with van der Waals surface area (Å²) >= 11 is 1.85. The minimum atomic E-state index is -0.00922. The van der Waals surface area contributed by atoms with Gasteiger partial charge < -0.3 is 19.1 Å². The van der Waals surface area contributed by atoms with Gasteiger partial charge in [-0.05, 0) is 158 Å². The van der Waals surface area contributed by atoms with Crippen LogP contribution in [0.25, 0.3) is 75.0 Å². The number of aryl methyl sites for hydroxylation is 1. The average Bonchev–Trinajstić information content (AvgIpc) is 4.04. The van der Waals surface area contributed by atoms with Crippen molar-refractivity contribution in [2.45, 2.75) is 110 Å². The molecule has 6 heteroatoms. The third-order valence-corrected chi connectivity index (χ3v) is 18.5. The van der Waals surface area contributed by atoms with E-state index in [4.69, 9.17) is 8.83 Å². The van der Waals surface area contributed by atoms with Gasteiger partial charge in [0.15, 0.2) is 5.58 Å². The van der Waals surface area contributed by atoms with Gasteiger partial charge in [0.1, 0.15) is 11.2 Å². The maximum Gasteiger partial charge on any atom is 0.247 e. The topological polar surface area (TPSA) is 41.6 Å². The fraction of sp³-hybridized carbons (Fsp3) is 0.262. The molecule has 1 N–H and O–H groups in total. The van der Waals surface area contributed by atoms with Crippen LogP contribution in [-0.2, 0) is 21.7 Å². The zero-order chi connectivity index (χ0) is 48.5. The van der Waals surface area contributed by atoms with Crippen LogP contribution >= 0.6 is 11.3 Å². The van der Waals surface area contributed by atoms with Gasteiger partial charge >= 0.3 is 0 Å². The SMILES string of the molecule is Cc1cc2c(cc1N1c3c(oc4cc5c(cc34)C(C)(C)CCC5(C)C)[B]c3c(-c4c(Nc5cccc6sc7ccccc7c56)ccc5ccccc45)cc4c(oc5ccccc54)c31)C(C)(C)CCC2(C)C. The summed E-state index contributed by atoms with van der Waals surface area (Å²) in [4.78, 5) is 2.57. The summed E-state index contributed by atoms with van der Waals surface area (Å²) in [6.45, 7) is 21.7. The number of anilines is 5. The number of nitrogens with one attached hydrogen (secondary N) is 1. The van der Waals surface area contributed by atoms with Crippen LogP contribution in [-0.4, -0.2) is 7.28 Å². The number of rotatable bonds is 4. The molecule has 0 atom stereocenters. The van der Waals surface area contributed by atoms with Crippen molar-refractivity contribution in [1.82, 2.24) is 0 Å². The maximum absolute atomic E-state index is 7.37. The first-order valence-electron chi connectivity index (χ1n) is 25.7. The molecule has 0 unspecified atom stereocenters. The Hall–Kier alpha value is -6.76. The Morgan fingerprint density at radius 3 is 1.92 bits per heavy atom. The van der Waals surface area contributed by atoms with Crippen LogP contribution in [0.15, 0.2) is 142 Å². The van der Waals surface area contributed by atoms with E-state index in [0.717, 1.165) is 109 Å². The predicted molar refractivity (Wildman–Crippen MR) is 304 cm³/mol. The minimum Gasteiger partial charge on any atom is -0.469 e. The number of nitrogens with zero attached hydrogens (tertiary/aromatic N) is 1. The molecule has 14 rings (SSSR count). The van der Waals surface area contributed by atoms with Gasteiger partial charge in [0.25, 0.3) is 0 Å². The van der Waals surface area contributed by atoms with Gasteiger partial charge in [0, 0.05) is 59.0 Å². The lowest BCUT2D eigenvalue weighted by molar-refractivity contribution is 0.332. The second-order valence-corrected chi connectivity index (χ2v) is 24.8. The number of fused-ring (bicyclic) bond motifs is 14. The summed E-state index contributed by atoms with van der Waals surface area (Å²) in [7, 11) is 2.35. The number of thiophene rings is 1. The average molecular weight is 942 g/mol. The van der Waals surface area contributed by atoms with Crippen LogP contribution in [0.3, 0.4) is 0 Å². The molecule has 0 bridgehead atoms. The summed E-state index contributed by atoms with van der Waals surface area (Å²) in [6, 6.07) is 49.8. The van der Waals surface area contributed by atoms with Gasteiger partial charge in [0.2, 0.25) is 7.28 Å². The van der Waals surface area contributed by atoms with Crippen molar-refractivity contribution in [1.29, 1.82) is 0 Å². The summed E-state index contributed by atoms with van der Waals surface area (Å²) in [5.74, 6) is 0. The molecule has 8 aromatic carbocycles. The molecule has 11 aromatic rings. The molecular weight excluding hydrogens is 884 g/mol. The molecule has 4 heterocycles. The van der Waals surface area contributed by atoms with Gasteiger partial charge in [-0.25, -0.2) is 0 Å². The molecule has 349 valence electrons. The van der Waals surface area contributed by atoms with Crippen molar-refractivity contribution in [3.05, 3.63) is 161 Å². The van der Waals surface area contributed by atoms with Crippen molar-refractivity contribution >= 4 is 122 Å². The maximum atomic E-state index is 7.37. The Morgan fingerprint density at radius 2 is 1.15 bits per heavy atom. The van der Waals surface area contributed by atoms with Crippen LogP contribution < -0.4 is 21.3 Å². The Kier molecular flexibility index (Phi) is 8.90. The lowest BCUT2D eigenvalue weighted by Gasteiger charge is -2.43. The standard InChI is InChI=1S/C65H58BN2O2S/c1-36-31-44-46(64(6,7)29-27-62(44,2)3)34-50(36)68-58-42-33-45-47(65(8,9)30-28-63(45,4)5)35-52(42)70-61(58)66-57-43(32-41-39-19-12-14-22-51(39)69-60(41)59(57)68)55-38-18-11-10-17-37(38)25-26-49(55)67-48-21-16-24-54-56(48)40-20-13-15-23-53(40)71-54/h10-26,31-35,67H,27-30H2,1-9H3. The highest BCUT2D eigenvalue weighted by atomic mass is 32.1. The molecule has 2 aliphatic carbocycles. The minimum absolute atomic E-state index is 0.00922. The highest BCUT2D eigenvalue weighted by molar-refractivity contribution is 7.26. The highest BCUT2D eigenvalue weighted by Gasteiger charge is 2.43. The van der Waals surface area contributed by atoms with Crippen LogP contribution in [0.2, 0.25) is 0 Å². The Morgan fingerprint density at radius 1 is 0.521 bits per heavy atom. The normalized spacial score (nSPS) is 17.4. The molecule has 1 aliphatic heterocycles. The second-order valence-electron chi connectivity index (χ2n) is 23.7. The molecule has 0 saturated carbocycles. The van der Waals surface area contributed by atoms with E-state index in [2.05, 4.69) is 213 Å². The number of furan rings is 2.